The van der Waals surface area contributed by atoms with Crippen molar-refractivity contribution >= 4 is 45.5 Å². The molecule has 9 nitrogen and oxygen atoms in total. The number of imide groups is 1. The van der Waals surface area contributed by atoms with Crippen molar-refractivity contribution in [3.05, 3.63) is 87.8 Å². The molecule has 1 aliphatic heterocycles. The standard InChI is InChI=1S/C27H23BrFN3O6/c1-36-22-9-4-3-8-20(22)30-24(33)14-32-26(34)21(31-27(32)35)12-17-11-19(28)25(23(13-17)37-2)38-15-16-6-5-7-18(29)10-16/h3-13H,14-15H2,1-2H3,(H,30,33)(H,31,35)/b21-12+. The Morgan fingerprint density at radius 2 is 1.82 bits per heavy atom. The van der Waals surface area contributed by atoms with Crippen molar-refractivity contribution in [2.45, 2.75) is 6.61 Å². The smallest absolute Gasteiger partial charge is 0.329 e. The molecule has 0 atom stereocenters. The maximum Gasteiger partial charge on any atom is 0.329 e. The van der Waals surface area contributed by atoms with Gasteiger partial charge in [0.25, 0.3) is 5.91 Å². The lowest BCUT2D eigenvalue weighted by Crippen LogP contribution is -2.38. The number of rotatable bonds is 9. The fourth-order valence-corrected chi connectivity index (χ4v) is 4.28. The molecule has 1 fully saturated rings. The lowest BCUT2D eigenvalue weighted by atomic mass is 10.1. The summed E-state index contributed by atoms with van der Waals surface area (Å²) >= 11 is 3.44. The Morgan fingerprint density at radius 1 is 1.05 bits per heavy atom. The molecule has 1 aliphatic rings. The molecule has 0 unspecified atom stereocenters. The number of nitrogens with zero attached hydrogens (tertiary/aromatic N) is 1. The van der Waals surface area contributed by atoms with Crippen molar-refractivity contribution in [3.8, 4) is 17.2 Å². The van der Waals surface area contributed by atoms with Crippen LogP contribution in [0.1, 0.15) is 11.1 Å². The average molecular weight is 584 g/mol. The van der Waals surface area contributed by atoms with E-state index in [1.165, 1.54) is 32.4 Å². The number of ether oxygens (including phenoxy) is 3. The van der Waals surface area contributed by atoms with E-state index in [0.717, 1.165) is 4.90 Å². The second-order valence-corrected chi connectivity index (χ2v) is 8.93. The maximum absolute atomic E-state index is 13.5. The third-order valence-electron chi connectivity index (χ3n) is 5.48. The number of para-hydroxylation sites is 2. The van der Waals surface area contributed by atoms with Gasteiger partial charge in [0.1, 0.15) is 30.4 Å². The molecular formula is C27H23BrFN3O6. The minimum Gasteiger partial charge on any atom is -0.495 e. The van der Waals surface area contributed by atoms with E-state index in [-0.39, 0.29) is 18.1 Å². The number of anilines is 1. The summed E-state index contributed by atoms with van der Waals surface area (Å²) in [6.45, 7) is -0.381. The van der Waals surface area contributed by atoms with Gasteiger partial charge in [0, 0.05) is 0 Å². The molecule has 0 radical (unpaired) electrons. The summed E-state index contributed by atoms with van der Waals surface area (Å²) in [6, 6.07) is 15.4. The highest BCUT2D eigenvalue weighted by Crippen LogP contribution is 2.38. The Bertz CT molecular complexity index is 1430. The molecule has 38 heavy (non-hydrogen) atoms. The van der Waals surface area contributed by atoms with Crippen molar-refractivity contribution in [2.24, 2.45) is 0 Å². The molecule has 11 heteroatoms. The van der Waals surface area contributed by atoms with Gasteiger partial charge in [-0.25, -0.2) is 14.1 Å². The van der Waals surface area contributed by atoms with Crippen LogP contribution in [0.2, 0.25) is 0 Å². The summed E-state index contributed by atoms with van der Waals surface area (Å²) in [6.07, 6.45) is 1.46. The molecule has 3 aromatic rings. The van der Waals surface area contributed by atoms with Gasteiger partial charge in [-0.1, -0.05) is 24.3 Å². The van der Waals surface area contributed by atoms with Gasteiger partial charge in [0.15, 0.2) is 11.5 Å². The SMILES string of the molecule is COc1ccccc1NC(=O)CN1C(=O)N/C(=C/c2cc(Br)c(OCc3cccc(F)c3)c(OC)c2)C1=O. The molecule has 4 amide bonds. The predicted molar refractivity (Wildman–Crippen MR) is 141 cm³/mol. The highest BCUT2D eigenvalue weighted by atomic mass is 79.9. The van der Waals surface area contributed by atoms with Crippen LogP contribution in [0, 0.1) is 5.82 Å². The van der Waals surface area contributed by atoms with Crippen molar-refractivity contribution < 1.29 is 33.0 Å². The number of amides is 4. The molecule has 0 aliphatic carbocycles. The Hall–Kier alpha value is -4.38. The van der Waals surface area contributed by atoms with E-state index in [9.17, 15) is 18.8 Å². The second kappa shape index (κ2) is 11.8. The minimum absolute atomic E-state index is 0.0116. The Kier molecular flexibility index (Phi) is 8.27. The number of hydrogen-bond donors (Lipinski definition) is 2. The van der Waals surface area contributed by atoms with Crippen molar-refractivity contribution in [3.63, 3.8) is 0 Å². The van der Waals surface area contributed by atoms with Gasteiger partial charge in [-0.2, -0.15) is 0 Å². The van der Waals surface area contributed by atoms with E-state index < -0.39 is 24.4 Å². The number of hydrogen-bond acceptors (Lipinski definition) is 6. The third kappa shape index (κ3) is 6.12. The van der Waals surface area contributed by atoms with E-state index in [0.29, 0.717) is 38.5 Å². The summed E-state index contributed by atoms with van der Waals surface area (Å²) in [5, 5.41) is 5.12. The summed E-state index contributed by atoms with van der Waals surface area (Å²) in [5.41, 5.74) is 1.57. The molecule has 0 aromatic heterocycles. The molecule has 196 valence electrons. The molecular weight excluding hydrogens is 561 g/mol. The van der Waals surface area contributed by atoms with Gasteiger partial charge >= 0.3 is 6.03 Å². The molecule has 0 spiro atoms. The van der Waals surface area contributed by atoms with Crippen LogP contribution in [-0.4, -0.2) is 43.5 Å². The summed E-state index contributed by atoms with van der Waals surface area (Å²) in [4.78, 5) is 38.7. The van der Waals surface area contributed by atoms with Gasteiger partial charge < -0.3 is 24.8 Å². The number of carbonyl (C=O) groups is 3. The lowest BCUT2D eigenvalue weighted by molar-refractivity contribution is -0.127. The number of urea groups is 1. The first-order valence-corrected chi connectivity index (χ1v) is 12.1. The van der Waals surface area contributed by atoms with E-state index >= 15 is 0 Å². The predicted octanol–water partition coefficient (Wildman–Crippen LogP) is 4.72. The van der Waals surface area contributed by atoms with Crippen LogP contribution in [0.5, 0.6) is 17.2 Å². The summed E-state index contributed by atoms with van der Waals surface area (Å²) in [7, 11) is 2.92. The van der Waals surface area contributed by atoms with E-state index in [1.807, 2.05) is 0 Å². The molecule has 3 aromatic carbocycles. The molecule has 0 bridgehead atoms. The number of benzene rings is 3. The number of halogens is 2. The van der Waals surface area contributed by atoms with E-state index in [2.05, 4.69) is 26.6 Å². The highest BCUT2D eigenvalue weighted by Gasteiger charge is 2.35. The normalized spacial score (nSPS) is 13.9. The monoisotopic (exact) mass is 583 g/mol. The largest absolute Gasteiger partial charge is 0.495 e. The Balaban J connectivity index is 1.47. The highest BCUT2D eigenvalue weighted by molar-refractivity contribution is 9.10. The zero-order chi connectivity index (χ0) is 27.2. The minimum atomic E-state index is -0.725. The quantitative estimate of drug-likeness (QED) is 0.279. The molecule has 2 N–H and O–H groups in total. The Labute approximate surface area is 226 Å². The maximum atomic E-state index is 13.5. The van der Waals surface area contributed by atoms with Crippen molar-refractivity contribution in [1.82, 2.24) is 10.2 Å². The van der Waals surface area contributed by atoms with Crippen molar-refractivity contribution in [2.75, 3.05) is 26.1 Å². The van der Waals surface area contributed by atoms with Crippen LogP contribution in [0.15, 0.2) is 70.8 Å². The first-order chi connectivity index (χ1) is 18.3. The van der Waals surface area contributed by atoms with Crippen LogP contribution in [0.3, 0.4) is 0 Å². The Morgan fingerprint density at radius 3 is 2.55 bits per heavy atom. The van der Waals surface area contributed by atoms with Gasteiger partial charge in [0.05, 0.1) is 24.4 Å². The fraction of sp³-hybridized carbons (Fsp3) is 0.148. The van der Waals surface area contributed by atoms with Gasteiger partial charge in [-0.05, 0) is 69.5 Å². The first-order valence-electron chi connectivity index (χ1n) is 11.3. The number of carbonyl (C=O) groups excluding carboxylic acids is 3. The number of nitrogens with one attached hydrogen (secondary N) is 2. The second-order valence-electron chi connectivity index (χ2n) is 8.08. The summed E-state index contributed by atoms with van der Waals surface area (Å²) < 4.78 is 30.5. The first kappa shape index (κ1) is 26.7. The lowest BCUT2D eigenvalue weighted by Gasteiger charge is -2.14. The molecule has 1 heterocycles. The van der Waals surface area contributed by atoms with Crippen LogP contribution in [0.25, 0.3) is 6.08 Å². The molecule has 1 saturated heterocycles. The van der Waals surface area contributed by atoms with Crippen LogP contribution in [-0.2, 0) is 16.2 Å². The van der Waals surface area contributed by atoms with Gasteiger partial charge in [0.2, 0.25) is 5.91 Å². The molecule has 4 rings (SSSR count). The van der Waals surface area contributed by atoms with Crippen molar-refractivity contribution in [1.29, 1.82) is 0 Å². The van der Waals surface area contributed by atoms with Crippen LogP contribution >= 0.6 is 15.9 Å². The summed E-state index contributed by atoms with van der Waals surface area (Å²) in [5.74, 6) is -0.409. The zero-order valence-electron chi connectivity index (χ0n) is 20.4. The topological polar surface area (TPSA) is 106 Å². The third-order valence-corrected chi connectivity index (χ3v) is 6.07. The average Bonchev–Trinajstić information content (AvgIpc) is 3.15. The van der Waals surface area contributed by atoms with E-state index in [4.69, 9.17) is 14.2 Å². The van der Waals surface area contributed by atoms with Crippen LogP contribution < -0.4 is 24.8 Å². The zero-order valence-corrected chi connectivity index (χ0v) is 22.0. The van der Waals surface area contributed by atoms with Gasteiger partial charge in [-0.3, -0.25) is 9.59 Å². The number of methoxy groups -OCH3 is 2. The van der Waals surface area contributed by atoms with Gasteiger partial charge in [-0.15, -0.1) is 0 Å². The van der Waals surface area contributed by atoms with E-state index in [1.54, 1.807) is 48.5 Å². The van der Waals surface area contributed by atoms with Crippen LogP contribution in [0.4, 0.5) is 14.9 Å². The molecule has 0 saturated carbocycles. The fourth-order valence-electron chi connectivity index (χ4n) is 3.71.